The van der Waals surface area contributed by atoms with Gasteiger partial charge in [0.1, 0.15) is 0 Å². The minimum absolute atomic E-state index is 0.250. The van der Waals surface area contributed by atoms with Crippen molar-refractivity contribution in [1.82, 2.24) is 4.90 Å². The summed E-state index contributed by atoms with van der Waals surface area (Å²) in [6, 6.07) is 8.92. The highest BCUT2D eigenvalue weighted by Gasteiger charge is 2.20. The predicted molar refractivity (Wildman–Crippen MR) is 51.8 cm³/mol. The molecule has 0 fully saturated rings. The van der Waals surface area contributed by atoms with Crippen molar-refractivity contribution >= 4 is 6.09 Å². The lowest BCUT2D eigenvalue weighted by Gasteiger charge is -2.27. The smallest absolute Gasteiger partial charge is 0.409 e. The first-order valence-electron chi connectivity index (χ1n) is 4.62. The number of fused-ring (bicyclic) bond motifs is 1. The van der Waals surface area contributed by atoms with Crippen molar-refractivity contribution in [3.05, 3.63) is 35.4 Å². The van der Waals surface area contributed by atoms with Crippen LogP contribution in [-0.2, 0) is 17.7 Å². The summed E-state index contributed by atoms with van der Waals surface area (Å²) in [5.74, 6) is 0. The van der Waals surface area contributed by atoms with Crippen LogP contribution in [0.25, 0.3) is 0 Å². The highest BCUT2D eigenvalue weighted by atomic mass is 16.5. The Labute approximate surface area is 83.3 Å². The molecule has 1 radical (unpaired) electrons. The number of amides is 1. The van der Waals surface area contributed by atoms with Crippen molar-refractivity contribution in [1.29, 1.82) is 0 Å². The molecule has 2 rings (SSSR count). The molecular formula is C11H12NO2. The molecule has 1 aromatic rings. The van der Waals surface area contributed by atoms with E-state index in [2.05, 4.69) is 16.9 Å². The van der Waals surface area contributed by atoms with Gasteiger partial charge in [0.05, 0.1) is 7.11 Å². The van der Waals surface area contributed by atoms with Crippen molar-refractivity contribution in [2.75, 3.05) is 13.7 Å². The van der Waals surface area contributed by atoms with Gasteiger partial charge in [0.2, 0.25) is 0 Å². The van der Waals surface area contributed by atoms with Crippen LogP contribution in [0.1, 0.15) is 11.1 Å². The number of benzene rings is 1. The predicted octanol–water partition coefficient (Wildman–Crippen LogP) is 1.61. The SMILES string of the molecule is COC(=O)N1CCc2cc[c]cc2C1. The van der Waals surface area contributed by atoms with Gasteiger partial charge in [-0.3, -0.25) is 0 Å². The third kappa shape index (κ3) is 1.58. The molecule has 1 aliphatic rings. The van der Waals surface area contributed by atoms with Gasteiger partial charge in [-0.2, -0.15) is 0 Å². The molecule has 0 aliphatic carbocycles. The molecule has 0 spiro atoms. The topological polar surface area (TPSA) is 29.5 Å². The van der Waals surface area contributed by atoms with Crippen LogP contribution >= 0.6 is 0 Å². The number of rotatable bonds is 0. The van der Waals surface area contributed by atoms with E-state index in [9.17, 15) is 4.79 Å². The molecule has 0 bridgehead atoms. The average Bonchev–Trinajstić information content (AvgIpc) is 2.27. The summed E-state index contributed by atoms with van der Waals surface area (Å²) >= 11 is 0. The Bertz CT molecular complexity index is 349. The van der Waals surface area contributed by atoms with Crippen molar-refractivity contribution in [3.63, 3.8) is 0 Å². The van der Waals surface area contributed by atoms with Gasteiger partial charge >= 0.3 is 6.09 Å². The first-order chi connectivity index (χ1) is 6.81. The van der Waals surface area contributed by atoms with Gasteiger partial charge in [-0.1, -0.05) is 12.1 Å². The molecule has 1 aliphatic heterocycles. The van der Waals surface area contributed by atoms with Gasteiger partial charge < -0.3 is 9.64 Å². The van der Waals surface area contributed by atoms with Crippen molar-refractivity contribution in [3.8, 4) is 0 Å². The van der Waals surface area contributed by atoms with E-state index >= 15 is 0 Å². The second kappa shape index (κ2) is 3.70. The molecule has 1 heterocycles. The lowest BCUT2D eigenvalue weighted by molar-refractivity contribution is 0.118. The maximum Gasteiger partial charge on any atom is 0.409 e. The van der Waals surface area contributed by atoms with Gasteiger partial charge in [-0.05, 0) is 29.7 Å². The molecule has 1 aromatic carbocycles. The normalized spacial score (nSPS) is 14.8. The largest absolute Gasteiger partial charge is 0.453 e. The van der Waals surface area contributed by atoms with Crippen LogP contribution in [0.4, 0.5) is 4.79 Å². The second-order valence-corrected chi connectivity index (χ2v) is 3.34. The number of methoxy groups -OCH3 is 1. The third-order valence-electron chi connectivity index (χ3n) is 2.50. The zero-order valence-electron chi connectivity index (χ0n) is 8.12. The zero-order chi connectivity index (χ0) is 9.97. The highest BCUT2D eigenvalue weighted by molar-refractivity contribution is 5.67. The summed E-state index contributed by atoms with van der Waals surface area (Å²) in [5, 5.41) is 0. The first kappa shape index (κ1) is 9.06. The lowest BCUT2D eigenvalue weighted by atomic mass is 10.0. The van der Waals surface area contributed by atoms with Gasteiger partial charge in [0.25, 0.3) is 0 Å². The summed E-state index contributed by atoms with van der Waals surface area (Å²) in [5.41, 5.74) is 2.48. The van der Waals surface area contributed by atoms with Gasteiger partial charge in [-0.15, -0.1) is 0 Å². The number of hydrogen-bond donors (Lipinski definition) is 0. The average molecular weight is 190 g/mol. The fourth-order valence-corrected chi connectivity index (χ4v) is 1.71. The van der Waals surface area contributed by atoms with Crippen LogP contribution in [0.15, 0.2) is 18.2 Å². The minimum Gasteiger partial charge on any atom is -0.453 e. The monoisotopic (exact) mass is 190 g/mol. The van der Waals surface area contributed by atoms with Crippen molar-refractivity contribution < 1.29 is 9.53 Å². The van der Waals surface area contributed by atoms with Gasteiger partial charge in [-0.25, -0.2) is 4.79 Å². The molecule has 0 atom stereocenters. The van der Waals surface area contributed by atoms with Crippen LogP contribution in [-0.4, -0.2) is 24.6 Å². The van der Waals surface area contributed by atoms with E-state index in [-0.39, 0.29) is 6.09 Å². The van der Waals surface area contributed by atoms with Crippen LogP contribution in [0.2, 0.25) is 0 Å². The molecule has 73 valence electrons. The van der Waals surface area contributed by atoms with E-state index in [0.29, 0.717) is 6.54 Å². The Morgan fingerprint density at radius 1 is 1.57 bits per heavy atom. The molecule has 14 heavy (non-hydrogen) atoms. The molecule has 1 amide bonds. The molecule has 0 saturated carbocycles. The fraction of sp³-hybridized carbons (Fsp3) is 0.364. The lowest BCUT2D eigenvalue weighted by Crippen LogP contribution is -2.35. The van der Waals surface area contributed by atoms with Crippen molar-refractivity contribution in [2.45, 2.75) is 13.0 Å². The summed E-state index contributed by atoms with van der Waals surface area (Å²) < 4.78 is 4.68. The van der Waals surface area contributed by atoms with E-state index in [0.717, 1.165) is 13.0 Å². The third-order valence-corrected chi connectivity index (χ3v) is 2.50. The first-order valence-corrected chi connectivity index (χ1v) is 4.62. The Morgan fingerprint density at radius 2 is 2.43 bits per heavy atom. The Morgan fingerprint density at radius 3 is 3.21 bits per heavy atom. The number of ether oxygens (including phenoxy) is 1. The zero-order valence-corrected chi connectivity index (χ0v) is 8.12. The maximum absolute atomic E-state index is 11.3. The summed E-state index contributed by atoms with van der Waals surface area (Å²) in [6.07, 6.45) is 0.651. The van der Waals surface area contributed by atoms with E-state index in [4.69, 9.17) is 0 Å². The summed E-state index contributed by atoms with van der Waals surface area (Å²) in [4.78, 5) is 13.0. The Hall–Kier alpha value is -1.51. The maximum atomic E-state index is 11.3. The minimum atomic E-state index is -0.250. The highest BCUT2D eigenvalue weighted by Crippen LogP contribution is 2.18. The molecule has 0 saturated heterocycles. The molecule has 0 N–H and O–H groups in total. The Balaban J connectivity index is 2.17. The van der Waals surface area contributed by atoms with E-state index < -0.39 is 0 Å². The molecule has 3 heteroatoms. The van der Waals surface area contributed by atoms with Crippen LogP contribution in [0.3, 0.4) is 0 Å². The van der Waals surface area contributed by atoms with Crippen LogP contribution in [0, 0.1) is 6.07 Å². The standard InChI is InChI=1S/C11H12NO2/c1-14-11(13)12-7-6-9-4-2-3-5-10(9)8-12/h2,4-5H,6-8H2,1H3. The van der Waals surface area contributed by atoms with Gasteiger partial charge in [0, 0.05) is 13.1 Å². The van der Waals surface area contributed by atoms with Crippen LogP contribution in [0.5, 0.6) is 0 Å². The fourth-order valence-electron chi connectivity index (χ4n) is 1.71. The quantitative estimate of drug-likeness (QED) is 0.622. The Kier molecular flexibility index (Phi) is 2.39. The van der Waals surface area contributed by atoms with Crippen molar-refractivity contribution in [2.24, 2.45) is 0 Å². The molecule has 0 aromatic heterocycles. The van der Waals surface area contributed by atoms with Crippen LogP contribution < -0.4 is 0 Å². The summed E-state index contributed by atoms with van der Waals surface area (Å²) in [6.45, 7) is 1.38. The van der Waals surface area contributed by atoms with E-state index in [1.165, 1.54) is 18.2 Å². The number of carbonyl (C=O) groups excluding carboxylic acids is 1. The number of carbonyl (C=O) groups is 1. The number of hydrogen-bond acceptors (Lipinski definition) is 2. The van der Waals surface area contributed by atoms with E-state index in [1.54, 1.807) is 4.90 Å². The van der Waals surface area contributed by atoms with Gasteiger partial charge in [0.15, 0.2) is 0 Å². The summed E-state index contributed by atoms with van der Waals surface area (Å²) in [7, 11) is 1.41. The second-order valence-electron chi connectivity index (χ2n) is 3.34. The number of nitrogens with zero attached hydrogens (tertiary/aromatic N) is 1. The van der Waals surface area contributed by atoms with E-state index in [1.807, 2.05) is 12.1 Å². The molecular weight excluding hydrogens is 178 g/mol. The molecule has 3 nitrogen and oxygen atoms in total. The molecule has 0 unspecified atom stereocenters.